The number of aliphatic carboxylic acids is 2. The fourth-order valence-corrected chi connectivity index (χ4v) is 6.05. The summed E-state index contributed by atoms with van der Waals surface area (Å²) in [6, 6.07) is 32.3. The standard InChI is InChI=1S/C22H22F3N.C17H14ClN.C5H8F3.2C2H4O2.CH4.HI.Pd.Zn/c1-14-11-15(2)13-18(12-14)20-10-9-19-17(5-4-6-21(19)26-20)8-7-16(3)22(23,24)25;1-11-8-12(2)10-13(9-11)16-7-6-14-15(18)4-3-5-17(14)19-16;1-3-4(2)5(6,7)8;2*1-2(3)4;;;;/h4-6,9-13,16H,7-8H2,1-3H3;3-10H,1-2H3;4H,1,3H2,2H3;2*1H3,(H,3,4);1H4;1H;;/q;;-1;;;;;;+2/p-1. The van der Waals surface area contributed by atoms with Gasteiger partial charge in [0.2, 0.25) is 0 Å². The van der Waals surface area contributed by atoms with E-state index in [1.54, 1.807) is 0 Å². The predicted octanol–water partition coefficient (Wildman–Crippen LogP) is 15.9. The predicted molar refractivity (Wildman–Crippen MR) is 254 cm³/mol. The number of alkyl halides is 6. The monoisotopic (exact) mass is 1180 g/mol. The molecule has 4 aromatic carbocycles. The van der Waals surface area contributed by atoms with E-state index in [2.05, 4.69) is 90.8 Å². The van der Waals surface area contributed by atoms with Crippen LogP contribution < -0.4 is 0 Å². The summed E-state index contributed by atoms with van der Waals surface area (Å²) < 4.78 is 72.5. The third kappa shape index (κ3) is 23.7. The van der Waals surface area contributed by atoms with Crippen molar-refractivity contribution in [1.29, 1.82) is 0 Å². The van der Waals surface area contributed by atoms with Gasteiger partial charge in [-0.3, -0.25) is 9.59 Å². The zero-order valence-electron chi connectivity index (χ0n) is 36.9. The number of hydrogen-bond acceptors (Lipinski definition) is 4. The van der Waals surface area contributed by atoms with Crippen LogP contribution in [0.15, 0.2) is 97.1 Å². The molecule has 2 N–H and O–H groups in total. The number of nitrogens with zero attached hydrogens (tertiary/aromatic N) is 2. The molecule has 0 amide bonds. The quantitative estimate of drug-likeness (QED) is 0.0746. The molecule has 0 saturated carbocycles. The van der Waals surface area contributed by atoms with Crippen molar-refractivity contribution in [2.75, 3.05) is 0 Å². The van der Waals surface area contributed by atoms with Gasteiger partial charge in [0.05, 0.1) is 28.3 Å². The molecule has 0 spiro atoms. The summed E-state index contributed by atoms with van der Waals surface area (Å²) in [6.07, 6.45) is -7.80. The Kier molecular flexibility index (Phi) is 30.1. The molecule has 6 aromatic rings. The number of hydrogen-bond donors (Lipinski definition) is 2. The molecular weight excluding hydrogens is 1130 g/mol. The van der Waals surface area contributed by atoms with Crippen LogP contribution in [0.2, 0.25) is 5.02 Å². The van der Waals surface area contributed by atoms with E-state index in [9.17, 15) is 26.3 Å². The molecule has 0 aliphatic carbocycles. The fraction of sp³-hybridized carbons (Fsp3) is 0.327. The van der Waals surface area contributed by atoms with Crippen molar-refractivity contribution in [2.24, 2.45) is 11.8 Å². The van der Waals surface area contributed by atoms with Gasteiger partial charge >= 0.3 is 46.9 Å². The van der Waals surface area contributed by atoms with Gasteiger partial charge in [0.15, 0.2) is 0 Å². The second-order valence-electron chi connectivity index (χ2n) is 14.7. The zero-order chi connectivity index (χ0) is 48.2. The Balaban J connectivity index is 0. The summed E-state index contributed by atoms with van der Waals surface area (Å²) in [7, 11) is 0. The molecule has 354 valence electrons. The van der Waals surface area contributed by atoms with Crippen LogP contribution >= 0.6 is 31.4 Å². The first-order chi connectivity index (χ1) is 29.3. The summed E-state index contributed by atoms with van der Waals surface area (Å²) in [6.45, 7) is 16.0. The summed E-state index contributed by atoms with van der Waals surface area (Å²) in [5.41, 5.74) is 11.6. The Morgan fingerprint density at radius 3 is 1.37 bits per heavy atom. The molecule has 2 aromatic heterocycles. The first-order valence-electron chi connectivity index (χ1n) is 19.5. The first-order valence-corrected chi connectivity index (χ1v) is 28.9. The number of halogens is 8. The molecule has 6 nitrogen and oxygen atoms in total. The van der Waals surface area contributed by atoms with E-state index in [4.69, 9.17) is 41.4 Å². The van der Waals surface area contributed by atoms with Gasteiger partial charge in [0.1, 0.15) is 0 Å². The molecule has 2 atom stereocenters. The Hall–Kier alpha value is -3.47. The van der Waals surface area contributed by atoms with E-state index in [1.807, 2.05) is 60.7 Å². The number of fused-ring (bicyclic) bond motifs is 2. The van der Waals surface area contributed by atoms with Crippen molar-refractivity contribution >= 4 is 65.1 Å². The molecule has 0 bridgehead atoms. The van der Waals surface area contributed by atoms with Crippen LogP contribution in [0, 0.1) is 46.5 Å². The van der Waals surface area contributed by atoms with Gasteiger partial charge < -0.3 is 17.1 Å². The Labute approximate surface area is 418 Å². The summed E-state index contributed by atoms with van der Waals surface area (Å²) in [4.78, 5) is 27.4. The Morgan fingerprint density at radius 1 is 0.662 bits per heavy atom. The van der Waals surface area contributed by atoms with Crippen molar-refractivity contribution in [3.05, 3.63) is 137 Å². The maximum absolute atomic E-state index is 12.8. The van der Waals surface area contributed by atoms with Crippen LogP contribution in [0.3, 0.4) is 0 Å². The molecule has 0 aliphatic rings. The number of carbonyl (C=O) groups is 2. The molecule has 2 unspecified atom stereocenters. The van der Waals surface area contributed by atoms with Crippen molar-refractivity contribution in [2.45, 2.75) is 94.4 Å². The van der Waals surface area contributed by atoms with Gasteiger partial charge in [0, 0.05) is 67.1 Å². The van der Waals surface area contributed by atoms with Crippen molar-refractivity contribution in [3.8, 4) is 22.5 Å². The number of rotatable bonds is 6. The van der Waals surface area contributed by atoms with Crippen LogP contribution in [0.25, 0.3) is 44.3 Å². The van der Waals surface area contributed by atoms with Gasteiger partial charge in [0.25, 0.3) is 11.9 Å². The topological polar surface area (TPSA) is 100 Å². The number of carboxylic acid groups (broad SMARTS) is 2. The first kappa shape index (κ1) is 63.6. The molecule has 16 heteroatoms. The van der Waals surface area contributed by atoms with Gasteiger partial charge in [-0.25, -0.2) is 9.97 Å². The van der Waals surface area contributed by atoms with Crippen LogP contribution in [-0.2, 0) is 51.2 Å². The van der Waals surface area contributed by atoms with E-state index >= 15 is 0 Å². The normalized spacial score (nSPS) is 11.3. The van der Waals surface area contributed by atoms with Gasteiger partial charge in [-0.05, 0) is 107 Å². The van der Waals surface area contributed by atoms with E-state index < -0.39 is 36.1 Å². The minimum atomic E-state index is -4.14. The van der Waals surface area contributed by atoms with Gasteiger partial charge in [-0.1, -0.05) is 91.5 Å². The molecule has 0 fully saturated rings. The average Bonchev–Trinajstić information content (AvgIpc) is 3.18. The van der Waals surface area contributed by atoms with E-state index in [0.29, 0.717) is 6.42 Å². The minimum absolute atomic E-state index is 0. The van der Waals surface area contributed by atoms with Crippen LogP contribution in [0.4, 0.5) is 26.3 Å². The van der Waals surface area contributed by atoms with Crippen LogP contribution in [-0.4, -0.2) is 44.5 Å². The summed E-state index contributed by atoms with van der Waals surface area (Å²) >= 11 is 9.79. The van der Waals surface area contributed by atoms with Gasteiger partial charge in [-0.15, -0.1) is 0 Å². The summed E-state index contributed by atoms with van der Waals surface area (Å²) in [5.74, 6) is -4.23. The molecule has 0 aliphatic heterocycles. The number of aromatic nitrogens is 2. The Bertz CT molecular complexity index is 2340. The van der Waals surface area contributed by atoms with Gasteiger partial charge in [-0.2, -0.15) is 32.8 Å². The number of aryl methyl sites for hydroxylation is 5. The molecule has 2 heterocycles. The second kappa shape index (κ2) is 30.7. The SMILES string of the molecule is C.CC(=O)O.CC(=O)O.Cc1cc(C)cc(-c2ccc3c(CCC(C)C(F)(F)F)cccc3n2)c1.Cc1cc(C)cc(-c2ccc3c(Cl)cccc3n2)c1.[CH2-]CC(C)C(F)(F)F.[Pd].[Zn+][I]. The van der Waals surface area contributed by atoms with Crippen molar-refractivity contribution in [3.63, 3.8) is 0 Å². The van der Waals surface area contributed by atoms with Crippen molar-refractivity contribution in [1.82, 2.24) is 9.97 Å². The second-order valence-corrected chi connectivity index (χ2v) is 15.1. The number of carboxylic acids is 2. The van der Waals surface area contributed by atoms with Crippen LogP contribution in [0.1, 0.15) is 75.8 Å². The fourth-order valence-electron chi connectivity index (χ4n) is 5.82. The summed E-state index contributed by atoms with van der Waals surface area (Å²) in [5, 5.41) is 17.5. The van der Waals surface area contributed by atoms with Crippen molar-refractivity contribution < 1.29 is 81.4 Å². The van der Waals surface area contributed by atoms with Crippen LogP contribution in [0.5, 0.6) is 0 Å². The molecule has 6 rings (SSSR count). The molecule has 0 saturated heterocycles. The third-order valence-corrected chi connectivity index (χ3v) is 9.26. The molecular formula is C49H56ClF6IN2O4PdZn. The van der Waals surface area contributed by atoms with E-state index in [-0.39, 0.29) is 40.7 Å². The number of benzene rings is 4. The molecule has 65 heavy (non-hydrogen) atoms. The third-order valence-electron chi connectivity index (χ3n) is 8.93. The molecule has 0 radical (unpaired) electrons. The average molecular weight is 1190 g/mol. The van der Waals surface area contributed by atoms with E-state index in [0.717, 1.165) is 75.7 Å². The zero-order valence-corrected chi connectivity index (χ0v) is 44.3. The Morgan fingerprint density at radius 2 is 1.02 bits per heavy atom. The number of pyridine rings is 2. The van der Waals surface area contributed by atoms with E-state index in [1.165, 1.54) is 44.0 Å². The maximum atomic E-state index is 12.8.